The van der Waals surface area contributed by atoms with E-state index in [9.17, 15) is 0 Å². The third-order valence-electron chi connectivity index (χ3n) is 3.53. The van der Waals surface area contributed by atoms with Crippen LogP contribution in [-0.2, 0) is 0 Å². The van der Waals surface area contributed by atoms with E-state index < -0.39 is 0 Å². The van der Waals surface area contributed by atoms with Crippen LogP contribution in [0, 0.1) is 6.92 Å². The number of rotatable bonds is 4. The van der Waals surface area contributed by atoms with Gasteiger partial charge in [-0.25, -0.2) is 9.97 Å². The Morgan fingerprint density at radius 3 is 2.39 bits per heavy atom. The van der Waals surface area contributed by atoms with Crippen LogP contribution >= 0.6 is 11.6 Å². The number of aryl methyl sites for hydroxylation is 1. The Morgan fingerprint density at radius 2 is 1.70 bits per heavy atom. The first-order valence-corrected chi connectivity index (χ1v) is 7.78. The van der Waals surface area contributed by atoms with Crippen molar-refractivity contribution in [3.8, 4) is 11.4 Å². The minimum atomic E-state index is 0.117. The van der Waals surface area contributed by atoms with Gasteiger partial charge in [-0.15, -0.1) is 0 Å². The van der Waals surface area contributed by atoms with E-state index >= 15 is 0 Å². The third-order valence-corrected chi connectivity index (χ3v) is 3.78. The largest absolute Gasteiger partial charge is 0.363 e. The van der Waals surface area contributed by atoms with Gasteiger partial charge in [0.05, 0.1) is 0 Å². The second-order valence-electron chi connectivity index (χ2n) is 5.37. The van der Waals surface area contributed by atoms with Crippen molar-refractivity contribution in [1.82, 2.24) is 15.0 Å². The van der Waals surface area contributed by atoms with Crippen molar-refractivity contribution in [2.75, 3.05) is 5.32 Å². The molecule has 0 aliphatic heterocycles. The molecule has 3 aromatic rings. The minimum absolute atomic E-state index is 0.117. The molecule has 0 bridgehead atoms. The summed E-state index contributed by atoms with van der Waals surface area (Å²) in [7, 11) is 0. The molecule has 5 heteroatoms. The summed E-state index contributed by atoms with van der Waals surface area (Å²) in [4.78, 5) is 13.1. The summed E-state index contributed by atoms with van der Waals surface area (Å²) >= 11 is 5.94. The summed E-state index contributed by atoms with van der Waals surface area (Å²) < 4.78 is 0. The zero-order valence-corrected chi connectivity index (χ0v) is 13.7. The Hall–Kier alpha value is -2.46. The Labute approximate surface area is 140 Å². The maximum Gasteiger partial charge on any atom is 0.161 e. The molecule has 0 amide bonds. The predicted octanol–water partition coefficient (Wildman–Crippen LogP) is 4.67. The topological polar surface area (TPSA) is 50.7 Å². The van der Waals surface area contributed by atoms with Crippen LogP contribution in [0.15, 0.2) is 54.9 Å². The molecular formula is C18H17ClN4. The molecule has 4 nitrogen and oxygen atoms in total. The van der Waals surface area contributed by atoms with Gasteiger partial charge in [0.1, 0.15) is 5.82 Å². The number of anilines is 1. The van der Waals surface area contributed by atoms with Crippen LogP contribution in [0.1, 0.15) is 24.2 Å². The number of pyridine rings is 1. The van der Waals surface area contributed by atoms with Gasteiger partial charge in [0.2, 0.25) is 0 Å². The molecule has 0 spiro atoms. The quantitative estimate of drug-likeness (QED) is 0.757. The Bertz CT molecular complexity index is 788. The third kappa shape index (κ3) is 3.85. The molecule has 1 N–H and O–H groups in total. The molecule has 1 aromatic carbocycles. The van der Waals surface area contributed by atoms with Crippen LogP contribution in [0.4, 0.5) is 5.82 Å². The lowest BCUT2D eigenvalue weighted by molar-refractivity contribution is 0.871. The SMILES string of the molecule is Cc1cc(N[C@H](C)c2ccc(Cl)cc2)nc(-c2ccncc2)n1. The van der Waals surface area contributed by atoms with E-state index in [4.69, 9.17) is 11.6 Å². The van der Waals surface area contributed by atoms with Crippen molar-refractivity contribution < 1.29 is 0 Å². The van der Waals surface area contributed by atoms with Gasteiger partial charge in [-0.3, -0.25) is 4.98 Å². The van der Waals surface area contributed by atoms with Crippen molar-refractivity contribution >= 4 is 17.4 Å². The van der Waals surface area contributed by atoms with Crippen molar-refractivity contribution in [2.24, 2.45) is 0 Å². The van der Waals surface area contributed by atoms with Gasteiger partial charge < -0.3 is 5.32 Å². The molecule has 2 heterocycles. The van der Waals surface area contributed by atoms with Gasteiger partial charge >= 0.3 is 0 Å². The molecule has 0 radical (unpaired) electrons. The number of nitrogens with one attached hydrogen (secondary N) is 1. The van der Waals surface area contributed by atoms with Gasteiger partial charge in [0, 0.05) is 40.8 Å². The number of aromatic nitrogens is 3. The number of nitrogens with zero attached hydrogens (tertiary/aromatic N) is 3. The van der Waals surface area contributed by atoms with E-state index in [-0.39, 0.29) is 6.04 Å². The number of hydrogen-bond donors (Lipinski definition) is 1. The van der Waals surface area contributed by atoms with Crippen molar-refractivity contribution in [2.45, 2.75) is 19.9 Å². The van der Waals surface area contributed by atoms with E-state index in [0.717, 1.165) is 27.7 Å². The smallest absolute Gasteiger partial charge is 0.161 e. The van der Waals surface area contributed by atoms with E-state index in [1.807, 2.05) is 49.4 Å². The van der Waals surface area contributed by atoms with E-state index in [1.54, 1.807) is 12.4 Å². The molecule has 0 aliphatic rings. The van der Waals surface area contributed by atoms with Crippen LogP contribution < -0.4 is 5.32 Å². The summed E-state index contributed by atoms with van der Waals surface area (Å²) in [5.41, 5.74) is 3.01. The number of hydrogen-bond acceptors (Lipinski definition) is 4. The van der Waals surface area contributed by atoms with Gasteiger partial charge in [0.15, 0.2) is 5.82 Å². The minimum Gasteiger partial charge on any atom is -0.363 e. The van der Waals surface area contributed by atoms with Gasteiger partial charge in [-0.1, -0.05) is 23.7 Å². The highest BCUT2D eigenvalue weighted by Crippen LogP contribution is 2.22. The second kappa shape index (κ2) is 6.75. The molecule has 23 heavy (non-hydrogen) atoms. The molecule has 1 atom stereocenters. The van der Waals surface area contributed by atoms with E-state index in [1.165, 1.54) is 0 Å². The van der Waals surface area contributed by atoms with Crippen LogP contribution in [0.25, 0.3) is 11.4 Å². The monoisotopic (exact) mass is 324 g/mol. The van der Waals surface area contributed by atoms with E-state index in [2.05, 4.69) is 27.2 Å². The van der Waals surface area contributed by atoms with Gasteiger partial charge in [-0.05, 0) is 43.7 Å². The molecule has 0 saturated carbocycles. The number of halogens is 1. The Morgan fingerprint density at radius 1 is 1.00 bits per heavy atom. The van der Waals surface area contributed by atoms with Crippen molar-refractivity contribution in [3.05, 3.63) is 71.1 Å². The highest BCUT2D eigenvalue weighted by atomic mass is 35.5. The fourth-order valence-electron chi connectivity index (χ4n) is 2.33. The molecule has 0 saturated heterocycles. The zero-order chi connectivity index (χ0) is 16.2. The molecule has 0 aliphatic carbocycles. The molecular weight excluding hydrogens is 308 g/mol. The first kappa shape index (κ1) is 15.4. The van der Waals surface area contributed by atoms with E-state index in [0.29, 0.717) is 5.82 Å². The number of benzene rings is 1. The highest BCUT2D eigenvalue weighted by molar-refractivity contribution is 6.30. The molecule has 0 fully saturated rings. The van der Waals surface area contributed by atoms with Crippen LogP contribution in [0.3, 0.4) is 0 Å². The van der Waals surface area contributed by atoms with Crippen molar-refractivity contribution in [3.63, 3.8) is 0 Å². The van der Waals surface area contributed by atoms with Crippen molar-refractivity contribution in [1.29, 1.82) is 0 Å². The maximum atomic E-state index is 5.94. The van der Waals surface area contributed by atoms with Gasteiger partial charge in [0.25, 0.3) is 0 Å². The molecule has 0 unspecified atom stereocenters. The first-order valence-electron chi connectivity index (χ1n) is 7.40. The molecule has 116 valence electrons. The van der Waals surface area contributed by atoms with Crippen LogP contribution in [0.5, 0.6) is 0 Å². The van der Waals surface area contributed by atoms with Crippen LogP contribution in [-0.4, -0.2) is 15.0 Å². The fourth-order valence-corrected chi connectivity index (χ4v) is 2.46. The summed E-state index contributed by atoms with van der Waals surface area (Å²) in [6.45, 7) is 4.05. The molecule has 3 rings (SSSR count). The lowest BCUT2D eigenvalue weighted by atomic mass is 10.1. The highest BCUT2D eigenvalue weighted by Gasteiger charge is 2.09. The summed E-state index contributed by atoms with van der Waals surface area (Å²) in [6, 6.07) is 13.7. The predicted molar refractivity (Wildman–Crippen MR) is 93.5 cm³/mol. The normalized spacial score (nSPS) is 12.0. The summed E-state index contributed by atoms with van der Waals surface area (Å²) in [5, 5.41) is 4.15. The first-order chi connectivity index (χ1) is 11.1. The standard InChI is InChI=1S/C18H17ClN4/c1-12-11-17(22-13(2)14-3-5-16(19)6-4-14)23-18(21-12)15-7-9-20-10-8-15/h3-11,13H,1-2H3,(H,21,22,23)/t13-/m1/s1. The second-order valence-corrected chi connectivity index (χ2v) is 5.81. The maximum absolute atomic E-state index is 5.94. The van der Waals surface area contributed by atoms with Crippen LogP contribution in [0.2, 0.25) is 5.02 Å². The van der Waals surface area contributed by atoms with Gasteiger partial charge in [-0.2, -0.15) is 0 Å². The lowest BCUT2D eigenvalue weighted by Gasteiger charge is -2.16. The Balaban J connectivity index is 1.85. The Kier molecular flexibility index (Phi) is 4.53. The average molecular weight is 325 g/mol. The summed E-state index contributed by atoms with van der Waals surface area (Å²) in [5.74, 6) is 1.49. The average Bonchev–Trinajstić information content (AvgIpc) is 2.55. The summed E-state index contributed by atoms with van der Waals surface area (Å²) in [6.07, 6.45) is 3.48. The zero-order valence-electron chi connectivity index (χ0n) is 13.0. The lowest BCUT2D eigenvalue weighted by Crippen LogP contribution is -2.09. The fraction of sp³-hybridized carbons (Fsp3) is 0.167. The molecule has 2 aromatic heterocycles.